The quantitative estimate of drug-likeness (QED) is 0.583. The monoisotopic (exact) mass is 410 g/mol. The highest BCUT2D eigenvalue weighted by Gasteiger charge is 2.20. The molecule has 0 aliphatic carbocycles. The molecule has 1 amide bonds. The maximum Gasteiger partial charge on any atom is 0.431 e. The third-order valence-electron chi connectivity index (χ3n) is 5.45. The van der Waals surface area contributed by atoms with Crippen molar-refractivity contribution in [1.82, 2.24) is 14.9 Å². The van der Waals surface area contributed by atoms with Gasteiger partial charge in [-0.05, 0) is 50.9 Å². The van der Waals surface area contributed by atoms with Gasteiger partial charge in [0.05, 0.1) is 24.7 Å². The van der Waals surface area contributed by atoms with E-state index in [9.17, 15) is 4.79 Å². The average molecular weight is 410 g/mol. The Kier molecular flexibility index (Phi) is 6.16. The number of hydrogen-bond donors (Lipinski definition) is 2. The lowest BCUT2D eigenvalue weighted by molar-refractivity contribution is 0.163. The highest BCUT2D eigenvalue weighted by Crippen LogP contribution is 2.31. The first-order valence-corrected chi connectivity index (χ1v) is 10.2. The predicted octanol–water partition coefficient (Wildman–Crippen LogP) is 2.11. The minimum Gasteiger partial charge on any atom is -0.495 e. The molecule has 3 N–H and O–H groups in total. The van der Waals surface area contributed by atoms with Gasteiger partial charge in [-0.3, -0.25) is 10.2 Å². The first kappa shape index (κ1) is 20.2. The van der Waals surface area contributed by atoms with Crippen LogP contribution in [0.1, 0.15) is 31.2 Å². The van der Waals surface area contributed by atoms with Crippen molar-refractivity contribution in [1.29, 1.82) is 0 Å². The molecule has 158 valence electrons. The minimum atomic E-state index is -0.796. The molecule has 2 saturated heterocycles. The molecule has 2 fully saturated rings. The zero-order chi connectivity index (χ0) is 20.9. The van der Waals surface area contributed by atoms with Crippen molar-refractivity contribution in [3.63, 3.8) is 0 Å². The summed E-state index contributed by atoms with van der Waals surface area (Å²) in [5.41, 5.74) is 1.42. The van der Waals surface area contributed by atoms with Crippen molar-refractivity contribution in [2.45, 2.75) is 25.7 Å². The maximum atomic E-state index is 11.8. The van der Waals surface area contributed by atoms with E-state index in [1.54, 1.807) is 13.2 Å². The maximum absolute atomic E-state index is 11.8. The molecule has 4 rings (SSSR count). The fraction of sp³-hybridized carbons (Fsp3) is 0.476. The Morgan fingerprint density at radius 1 is 1.17 bits per heavy atom. The first-order chi connectivity index (χ1) is 14.7. The van der Waals surface area contributed by atoms with E-state index in [4.69, 9.17) is 15.6 Å². The fourth-order valence-electron chi connectivity index (χ4n) is 3.88. The van der Waals surface area contributed by atoms with Crippen LogP contribution in [0.15, 0.2) is 12.1 Å². The molecular formula is C21H26N6O3. The summed E-state index contributed by atoms with van der Waals surface area (Å²) in [6.45, 7) is 4.69. The van der Waals surface area contributed by atoms with E-state index in [1.807, 2.05) is 6.07 Å². The lowest BCUT2D eigenvalue weighted by atomic mass is 10.1. The van der Waals surface area contributed by atoms with E-state index < -0.39 is 6.09 Å². The van der Waals surface area contributed by atoms with Gasteiger partial charge in [0.25, 0.3) is 0 Å². The van der Waals surface area contributed by atoms with Crippen LogP contribution in [0.25, 0.3) is 10.9 Å². The van der Waals surface area contributed by atoms with Crippen LogP contribution in [0, 0.1) is 11.8 Å². The number of amides is 1. The average Bonchev–Trinajstić information content (AvgIpc) is 3.47. The summed E-state index contributed by atoms with van der Waals surface area (Å²) in [4.78, 5) is 29.7. The molecule has 9 heteroatoms. The lowest BCUT2D eigenvalue weighted by Gasteiger charge is -2.18. The number of rotatable bonds is 4. The highest BCUT2D eigenvalue weighted by atomic mass is 16.7. The van der Waals surface area contributed by atoms with Crippen LogP contribution in [0.2, 0.25) is 0 Å². The second-order valence-electron chi connectivity index (χ2n) is 7.45. The van der Waals surface area contributed by atoms with E-state index in [-0.39, 0.29) is 0 Å². The molecule has 0 unspecified atom stereocenters. The molecule has 2 aliphatic rings. The molecule has 0 saturated carbocycles. The number of nitrogens with one attached hydrogen (secondary N) is 1. The molecule has 0 atom stereocenters. The topological polar surface area (TPSA) is 106 Å². The summed E-state index contributed by atoms with van der Waals surface area (Å²) in [7, 11) is 1.59. The Morgan fingerprint density at radius 2 is 1.90 bits per heavy atom. The van der Waals surface area contributed by atoms with Gasteiger partial charge in [0.15, 0.2) is 0 Å². The van der Waals surface area contributed by atoms with Gasteiger partial charge in [0, 0.05) is 18.5 Å². The van der Waals surface area contributed by atoms with Crippen LogP contribution >= 0.6 is 0 Å². The number of carbonyl (C=O) groups is 1. The third-order valence-corrected chi connectivity index (χ3v) is 5.45. The zero-order valence-corrected chi connectivity index (χ0v) is 17.1. The Hall–Kier alpha value is -3.09. The van der Waals surface area contributed by atoms with Gasteiger partial charge >= 0.3 is 6.09 Å². The van der Waals surface area contributed by atoms with E-state index in [0.717, 1.165) is 51.1 Å². The van der Waals surface area contributed by atoms with Crippen molar-refractivity contribution in [2.24, 2.45) is 5.90 Å². The van der Waals surface area contributed by atoms with Gasteiger partial charge < -0.3 is 14.5 Å². The number of fused-ring (bicyclic) bond motifs is 1. The summed E-state index contributed by atoms with van der Waals surface area (Å²) in [6, 6.07) is 3.67. The van der Waals surface area contributed by atoms with E-state index in [2.05, 4.69) is 36.8 Å². The van der Waals surface area contributed by atoms with Gasteiger partial charge in [-0.25, -0.2) is 9.78 Å². The standard InChI is InChI=1S/C21H26N6O3/c1-29-18-14-16-17(13-15(18)7-6-10-26-8-2-3-9-26)23-20(27-11-4-5-12-27)24-19(16)25-21(28)30-22/h13-14H,2-5,8-12,22H2,1H3,(H,23,24,25,28). The lowest BCUT2D eigenvalue weighted by Crippen LogP contribution is -2.23. The van der Waals surface area contributed by atoms with Crippen molar-refractivity contribution in [2.75, 3.05) is 50.1 Å². The second-order valence-corrected chi connectivity index (χ2v) is 7.45. The molecule has 30 heavy (non-hydrogen) atoms. The predicted molar refractivity (Wildman–Crippen MR) is 114 cm³/mol. The first-order valence-electron chi connectivity index (χ1n) is 10.2. The number of anilines is 2. The number of nitrogens with zero attached hydrogens (tertiary/aromatic N) is 4. The molecule has 0 spiro atoms. The van der Waals surface area contributed by atoms with Crippen LogP contribution in [0.3, 0.4) is 0 Å². The van der Waals surface area contributed by atoms with Gasteiger partial charge in [-0.2, -0.15) is 10.9 Å². The number of likely N-dealkylation sites (tertiary alicyclic amines) is 1. The third kappa shape index (κ3) is 4.40. The Balaban J connectivity index is 1.74. The van der Waals surface area contributed by atoms with Gasteiger partial charge in [0.2, 0.25) is 5.95 Å². The number of ether oxygens (including phenoxy) is 1. The highest BCUT2D eigenvalue weighted by molar-refractivity contribution is 5.98. The largest absolute Gasteiger partial charge is 0.495 e. The summed E-state index contributed by atoms with van der Waals surface area (Å²) < 4.78 is 5.54. The minimum absolute atomic E-state index is 0.326. The fourth-order valence-corrected chi connectivity index (χ4v) is 3.88. The van der Waals surface area contributed by atoms with E-state index in [1.165, 1.54) is 12.8 Å². The number of aromatic nitrogens is 2. The molecule has 2 aromatic rings. The Labute approximate surface area is 175 Å². The van der Waals surface area contributed by atoms with Crippen molar-refractivity contribution in [3.8, 4) is 17.6 Å². The number of benzene rings is 1. The summed E-state index contributed by atoms with van der Waals surface area (Å²) in [6.07, 6.45) is 3.85. The second kappa shape index (κ2) is 9.15. The Morgan fingerprint density at radius 3 is 2.60 bits per heavy atom. The summed E-state index contributed by atoms with van der Waals surface area (Å²) >= 11 is 0. The van der Waals surface area contributed by atoms with Crippen LogP contribution < -0.4 is 20.9 Å². The van der Waals surface area contributed by atoms with Gasteiger partial charge in [-0.15, -0.1) is 0 Å². The van der Waals surface area contributed by atoms with E-state index in [0.29, 0.717) is 28.4 Å². The van der Waals surface area contributed by atoms with Crippen LogP contribution in [0.4, 0.5) is 16.6 Å². The van der Waals surface area contributed by atoms with Crippen molar-refractivity contribution < 1.29 is 14.4 Å². The summed E-state index contributed by atoms with van der Waals surface area (Å²) in [5, 5.41) is 3.22. The SMILES string of the molecule is COc1cc2c(NC(=O)ON)nc(N3CCCC3)nc2cc1C#CCN1CCCC1. The van der Waals surface area contributed by atoms with Crippen LogP contribution in [-0.2, 0) is 4.84 Å². The summed E-state index contributed by atoms with van der Waals surface area (Å²) in [5.74, 6) is 12.9. The van der Waals surface area contributed by atoms with Crippen LogP contribution in [-0.4, -0.2) is 60.8 Å². The van der Waals surface area contributed by atoms with Crippen LogP contribution in [0.5, 0.6) is 5.75 Å². The molecule has 3 heterocycles. The number of hydrogen-bond acceptors (Lipinski definition) is 8. The molecule has 1 aromatic carbocycles. The van der Waals surface area contributed by atoms with E-state index >= 15 is 0 Å². The zero-order valence-electron chi connectivity index (χ0n) is 17.1. The smallest absolute Gasteiger partial charge is 0.431 e. The van der Waals surface area contributed by atoms with Gasteiger partial charge in [0.1, 0.15) is 11.6 Å². The molecular weight excluding hydrogens is 384 g/mol. The molecule has 0 radical (unpaired) electrons. The molecule has 0 bridgehead atoms. The molecule has 9 nitrogen and oxygen atoms in total. The molecule has 1 aromatic heterocycles. The number of nitrogens with two attached hydrogens (primary N) is 1. The van der Waals surface area contributed by atoms with Crippen molar-refractivity contribution in [3.05, 3.63) is 17.7 Å². The van der Waals surface area contributed by atoms with Crippen molar-refractivity contribution >= 4 is 28.8 Å². The number of carbonyl (C=O) groups excluding carboxylic acids is 1. The number of methoxy groups -OCH3 is 1. The molecule has 2 aliphatic heterocycles. The normalized spacial score (nSPS) is 16.4. The Bertz CT molecular complexity index is 988. The van der Waals surface area contributed by atoms with Gasteiger partial charge in [-0.1, -0.05) is 11.8 Å².